The Morgan fingerprint density at radius 1 is 1.20 bits per heavy atom. The zero-order valence-electron chi connectivity index (χ0n) is 12.8. The van der Waals surface area contributed by atoms with Crippen molar-refractivity contribution in [3.05, 3.63) is 35.4 Å². The summed E-state index contributed by atoms with van der Waals surface area (Å²) in [5.74, 6) is 0. The largest absolute Gasteiger partial charge is 0.329 e. The zero-order chi connectivity index (χ0) is 14.0. The fraction of sp³-hybridized carbons (Fsp3) is 0.667. The molecule has 1 unspecified atom stereocenters. The molecule has 1 aromatic carbocycles. The number of benzene rings is 1. The first-order chi connectivity index (χ1) is 9.79. The summed E-state index contributed by atoms with van der Waals surface area (Å²) in [5.41, 5.74) is 9.55. The molecule has 2 aliphatic rings. The minimum Gasteiger partial charge on any atom is -0.329 e. The van der Waals surface area contributed by atoms with Gasteiger partial charge in [-0.25, -0.2) is 0 Å². The average Bonchev–Trinajstić information content (AvgIpc) is 2.88. The summed E-state index contributed by atoms with van der Waals surface area (Å²) in [5, 5.41) is 0. The molecule has 0 saturated carbocycles. The number of likely N-dealkylation sites (tertiary alicyclic amines) is 1. The van der Waals surface area contributed by atoms with Gasteiger partial charge in [0, 0.05) is 18.1 Å². The first-order valence-electron chi connectivity index (χ1n) is 8.33. The lowest BCUT2D eigenvalue weighted by Crippen LogP contribution is -2.60. The van der Waals surface area contributed by atoms with Crippen molar-refractivity contribution in [1.82, 2.24) is 4.90 Å². The third-order valence-corrected chi connectivity index (χ3v) is 5.40. The van der Waals surface area contributed by atoms with Crippen LogP contribution in [0, 0.1) is 0 Å². The Labute approximate surface area is 123 Å². The van der Waals surface area contributed by atoms with Gasteiger partial charge in [0.15, 0.2) is 0 Å². The van der Waals surface area contributed by atoms with E-state index in [1.54, 1.807) is 0 Å². The van der Waals surface area contributed by atoms with Crippen LogP contribution in [0.1, 0.15) is 50.2 Å². The molecule has 2 heteroatoms. The number of nitrogens with zero attached hydrogens (tertiary/aromatic N) is 1. The highest BCUT2D eigenvalue weighted by Gasteiger charge is 2.44. The van der Waals surface area contributed by atoms with Gasteiger partial charge >= 0.3 is 0 Å². The van der Waals surface area contributed by atoms with E-state index in [1.807, 2.05) is 0 Å². The number of rotatable bonds is 4. The van der Waals surface area contributed by atoms with Gasteiger partial charge < -0.3 is 5.73 Å². The second-order valence-corrected chi connectivity index (χ2v) is 6.68. The van der Waals surface area contributed by atoms with Crippen LogP contribution in [0.5, 0.6) is 0 Å². The van der Waals surface area contributed by atoms with Gasteiger partial charge in [-0.2, -0.15) is 0 Å². The van der Waals surface area contributed by atoms with Crippen molar-refractivity contribution in [2.45, 2.75) is 63.5 Å². The Hall–Kier alpha value is -0.860. The summed E-state index contributed by atoms with van der Waals surface area (Å²) in [7, 11) is 0. The van der Waals surface area contributed by atoms with E-state index in [0.29, 0.717) is 0 Å². The molecular weight excluding hydrogens is 244 g/mol. The molecule has 2 nitrogen and oxygen atoms in total. The van der Waals surface area contributed by atoms with Gasteiger partial charge in [0.25, 0.3) is 0 Å². The second kappa shape index (κ2) is 5.87. The Balaban J connectivity index is 1.86. The topological polar surface area (TPSA) is 29.3 Å². The van der Waals surface area contributed by atoms with Crippen LogP contribution in [0.15, 0.2) is 24.3 Å². The minimum atomic E-state index is 0.198. The third kappa shape index (κ3) is 2.40. The fourth-order valence-corrected chi connectivity index (χ4v) is 4.40. The molecule has 1 aromatic rings. The summed E-state index contributed by atoms with van der Waals surface area (Å²) >= 11 is 0. The standard InChI is InChI=1S/C18H28N2/c1-2-7-17-10-5-6-11-20(17)18(14-19)12-15-8-3-4-9-16(15)13-18/h3-4,8-9,17H,2,5-7,10-14,19H2,1H3. The molecule has 20 heavy (non-hydrogen) atoms. The normalized spacial score (nSPS) is 25.6. The molecule has 2 N–H and O–H groups in total. The van der Waals surface area contributed by atoms with E-state index in [-0.39, 0.29) is 5.54 Å². The Kier molecular flexibility index (Phi) is 4.13. The first-order valence-corrected chi connectivity index (χ1v) is 8.33. The van der Waals surface area contributed by atoms with Gasteiger partial charge in [0.1, 0.15) is 0 Å². The molecule has 1 aliphatic heterocycles. The van der Waals surface area contributed by atoms with Crippen LogP contribution in [0.3, 0.4) is 0 Å². The monoisotopic (exact) mass is 272 g/mol. The minimum absolute atomic E-state index is 0.198. The molecule has 1 saturated heterocycles. The molecule has 0 aromatic heterocycles. The van der Waals surface area contributed by atoms with Gasteiger partial charge in [-0.15, -0.1) is 0 Å². The lowest BCUT2D eigenvalue weighted by Gasteiger charge is -2.48. The van der Waals surface area contributed by atoms with E-state index in [4.69, 9.17) is 5.73 Å². The molecule has 3 rings (SSSR count). The predicted octanol–water partition coefficient (Wildman–Crippen LogP) is 3.14. The van der Waals surface area contributed by atoms with Crippen molar-refractivity contribution in [2.24, 2.45) is 5.73 Å². The highest BCUT2D eigenvalue weighted by atomic mass is 15.2. The summed E-state index contributed by atoms with van der Waals surface area (Å²) in [6, 6.07) is 9.69. The number of nitrogens with two attached hydrogens (primary N) is 1. The van der Waals surface area contributed by atoms with Crippen LogP contribution in [-0.2, 0) is 12.8 Å². The van der Waals surface area contributed by atoms with Crippen LogP contribution < -0.4 is 5.73 Å². The van der Waals surface area contributed by atoms with E-state index >= 15 is 0 Å². The molecule has 1 fully saturated rings. The second-order valence-electron chi connectivity index (χ2n) is 6.68. The Morgan fingerprint density at radius 2 is 1.90 bits per heavy atom. The first kappa shape index (κ1) is 14.1. The van der Waals surface area contributed by atoms with Crippen molar-refractivity contribution in [3.63, 3.8) is 0 Å². The number of hydrogen-bond acceptors (Lipinski definition) is 2. The molecule has 110 valence electrons. The van der Waals surface area contributed by atoms with E-state index in [1.165, 1.54) is 49.8 Å². The highest BCUT2D eigenvalue weighted by Crippen LogP contribution is 2.38. The van der Waals surface area contributed by atoms with E-state index < -0.39 is 0 Å². The fourth-order valence-electron chi connectivity index (χ4n) is 4.40. The summed E-state index contributed by atoms with van der Waals surface area (Å²) in [6.07, 6.45) is 9.03. The van der Waals surface area contributed by atoms with Crippen LogP contribution in [-0.4, -0.2) is 29.6 Å². The van der Waals surface area contributed by atoms with Crippen LogP contribution in [0.4, 0.5) is 0 Å². The smallest absolute Gasteiger partial charge is 0.0415 e. The van der Waals surface area contributed by atoms with Crippen LogP contribution in [0.2, 0.25) is 0 Å². The number of hydrogen-bond donors (Lipinski definition) is 1. The van der Waals surface area contributed by atoms with Gasteiger partial charge in [0.05, 0.1) is 0 Å². The maximum atomic E-state index is 6.30. The van der Waals surface area contributed by atoms with E-state index in [9.17, 15) is 0 Å². The van der Waals surface area contributed by atoms with Gasteiger partial charge in [-0.1, -0.05) is 44.0 Å². The highest BCUT2D eigenvalue weighted by molar-refractivity contribution is 5.37. The summed E-state index contributed by atoms with van der Waals surface area (Å²) < 4.78 is 0. The molecule has 0 amide bonds. The summed E-state index contributed by atoms with van der Waals surface area (Å²) in [6.45, 7) is 4.35. The van der Waals surface area contributed by atoms with Crippen LogP contribution >= 0.6 is 0 Å². The SMILES string of the molecule is CCCC1CCCCN1C1(CN)Cc2ccccc2C1. The lowest BCUT2D eigenvalue weighted by molar-refractivity contribution is 0.0237. The van der Waals surface area contributed by atoms with Crippen molar-refractivity contribution in [2.75, 3.05) is 13.1 Å². The molecule has 0 radical (unpaired) electrons. The van der Waals surface area contributed by atoms with Crippen molar-refractivity contribution in [3.8, 4) is 0 Å². The van der Waals surface area contributed by atoms with Gasteiger partial charge in [-0.05, 0) is 49.8 Å². The molecular formula is C18H28N2. The summed E-state index contributed by atoms with van der Waals surface area (Å²) in [4.78, 5) is 2.79. The van der Waals surface area contributed by atoms with E-state index in [2.05, 4.69) is 36.1 Å². The van der Waals surface area contributed by atoms with Gasteiger partial charge in [0.2, 0.25) is 0 Å². The molecule has 1 atom stereocenters. The van der Waals surface area contributed by atoms with Gasteiger partial charge in [-0.3, -0.25) is 4.90 Å². The third-order valence-electron chi connectivity index (χ3n) is 5.40. The van der Waals surface area contributed by atoms with Crippen molar-refractivity contribution < 1.29 is 0 Å². The predicted molar refractivity (Wildman–Crippen MR) is 84.9 cm³/mol. The Bertz CT molecular complexity index is 427. The number of fused-ring (bicyclic) bond motifs is 1. The average molecular weight is 272 g/mol. The quantitative estimate of drug-likeness (QED) is 0.912. The maximum absolute atomic E-state index is 6.30. The molecule has 1 aliphatic carbocycles. The zero-order valence-corrected chi connectivity index (χ0v) is 12.8. The lowest BCUT2D eigenvalue weighted by atomic mass is 9.86. The van der Waals surface area contributed by atoms with Crippen LogP contribution in [0.25, 0.3) is 0 Å². The van der Waals surface area contributed by atoms with Crippen molar-refractivity contribution in [1.29, 1.82) is 0 Å². The molecule has 1 heterocycles. The molecule has 0 bridgehead atoms. The van der Waals surface area contributed by atoms with E-state index in [0.717, 1.165) is 25.4 Å². The van der Waals surface area contributed by atoms with Crippen molar-refractivity contribution >= 4 is 0 Å². The maximum Gasteiger partial charge on any atom is 0.0415 e. The Morgan fingerprint density at radius 3 is 2.50 bits per heavy atom. The number of piperidine rings is 1. The molecule has 0 spiro atoms.